The van der Waals surface area contributed by atoms with Crippen LogP contribution in [0, 0.1) is 6.92 Å². The van der Waals surface area contributed by atoms with E-state index in [2.05, 4.69) is 55.2 Å². The molecule has 0 spiro atoms. The highest BCUT2D eigenvalue weighted by atomic mass is 16.1. The van der Waals surface area contributed by atoms with Crippen molar-refractivity contribution >= 4 is 11.9 Å². The molecular weight excluding hydrogens is 274 g/mol. The van der Waals surface area contributed by atoms with Gasteiger partial charge < -0.3 is 0 Å². The van der Waals surface area contributed by atoms with E-state index < -0.39 is 0 Å². The lowest BCUT2D eigenvalue weighted by Crippen LogP contribution is -2.10. The highest BCUT2D eigenvalue weighted by Crippen LogP contribution is 2.26. The van der Waals surface area contributed by atoms with Crippen molar-refractivity contribution in [2.24, 2.45) is 0 Å². The Balaban J connectivity index is 2.12. The van der Waals surface area contributed by atoms with E-state index in [4.69, 9.17) is 0 Å². The number of pyridine rings is 1. The van der Waals surface area contributed by atoms with Crippen LogP contribution in [-0.2, 0) is 5.41 Å². The second kappa shape index (κ2) is 5.05. The molecule has 0 saturated carbocycles. The normalized spacial score (nSPS) is 11.8. The summed E-state index contributed by atoms with van der Waals surface area (Å²) in [5, 5.41) is 8.47. The smallest absolute Gasteiger partial charge is 0.168 e. The van der Waals surface area contributed by atoms with Gasteiger partial charge in [-0.3, -0.25) is 9.20 Å². The largest absolute Gasteiger partial charge is 0.298 e. The predicted molar refractivity (Wildman–Crippen MR) is 87.2 cm³/mol. The fourth-order valence-corrected chi connectivity index (χ4v) is 2.49. The van der Waals surface area contributed by atoms with Crippen molar-refractivity contribution in [2.75, 3.05) is 0 Å². The lowest BCUT2D eigenvalue weighted by atomic mass is 9.87. The van der Waals surface area contributed by atoms with Gasteiger partial charge in [-0.05, 0) is 29.5 Å². The van der Waals surface area contributed by atoms with Gasteiger partial charge in [-0.2, -0.15) is 0 Å². The Morgan fingerprint density at radius 3 is 2.36 bits per heavy atom. The second-order valence-corrected chi connectivity index (χ2v) is 6.61. The molecule has 2 heterocycles. The molecule has 0 amide bonds. The van der Waals surface area contributed by atoms with E-state index in [0.717, 1.165) is 28.9 Å². The zero-order valence-electron chi connectivity index (χ0n) is 13.3. The minimum atomic E-state index is 0.118. The molecule has 0 atom stereocenters. The summed E-state index contributed by atoms with van der Waals surface area (Å²) in [7, 11) is 0. The number of aromatic nitrogens is 3. The summed E-state index contributed by atoms with van der Waals surface area (Å²) in [5.74, 6) is 0.749. The first-order valence-corrected chi connectivity index (χ1v) is 7.31. The quantitative estimate of drug-likeness (QED) is 0.675. The molecular formula is C18H19N3O. The van der Waals surface area contributed by atoms with Crippen LogP contribution >= 0.6 is 0 Å². The van der Waals surface area contributed by atoms with Crippen molar-refractivity contribution in [1.29, 1.82) is 0 Å². The molecule has 0 aliphatic heterocycles. The third kappa shape index (κ3) is 2.41. The van der Waals surface area contributed by atoms with Crippen LogP contribution in [0.1, 0.15) is 42.3 Å². The summed E-state index contributed by atoms with van der Waals surface area (Å²) >= 11 is 0. The number of rotatable bonds is 2. The first-order valence-electron chi connectivity index (χ1n) is 7.31. The van der Waals surface area contributed by atoms with Gasteiger partial charge in [-0.1, -0.05) is 45.0 Å². The van der Waals surface area contributed by atoms with Crippen molar-refractivity contribution in [3.8, 4) is 11.4 Å². The maximum atomic E-state index is 11.1. The highest BCUT2D eigenvalue weighted by Gasteiger charge is 2.15. The molecule has 112 valence electrons. The Labute approximate surface area is 129 Å². The van der Waals surface area contributed by atoms with Gasteiger partial charge in [0.1, 0.15) is 0 Å². The van der Waals surface area contributed by atoms with Crippen molar-refractivity contribution in [3.05, 3.63) is 53.2 Å². The molecule has 22 heavy (non-hydrogen) atoms. The van der Waals surface area contributed by atoms with Gasteiger partial charge in [0.05, 0.1) is 0 Å². The average Bonchev–Trinajstić information content (AvgIpc) is 2.88. The first-order chi connectivity index (χ1) is 10.4. The zero-order valence-corrected chi connectivity index (χ0v) is 13.3. The molecule has 2 aromatic heterocycles. The average molecular weight is 293 g/mol. The van der Waals surface area contributed by atoms with Gasteiger partial charge in [0, 0.05) is 17.3 Å². The van der Waals surface area contributed by atoms with Crippen LogP contribution in [0.3, 0.4) is 0 Å². The fourth-order valence-electron chi connectivity index (χ4n) is 2.49. The second-order valence-electron chi connectivity index (χ2n) is 6.61. The maximum absolute atomic E-state index is 11.1. The molecule has 3 rings (SSSR count). The van der Waals surface area contributed by atoms with Crippen molar-refractivity contribution in [3.63, 3.8) is 0 Å². The van der Waals surface area contributed by atoms with Gasteiger partial charge in [0.25, 0.3) is 0 Å². The Kier molecular flexibility index (Phi) is 3.32. The number of nitrogens with zero attached hydrogens (tertiary/aromatic N) is 3. The molecule has 1 aromatic carbocycles. The van der Waals surface area contributed by atoms with E-state index in [-0.39, 0.29) is 5.41 Å². The van der Waals surface area contributed by atoms with Crippen LogP contribution in [0.5, 0.6) is 0 Å². The zero-order chi connectivity index (χ0) is 15.9. The van der Waals surface area contributed by atoms with Crippen LogP contribution in [0.25, 0.3) is 17.0 Å². The Bertz CT molecular complexity index is 839. The topological polar surface area (TPSA) is 47.3 Å². The molecule has 0 N–H and O–H groups in total. The summed E-state index contributed by atoms with van der Waals surface area (Å²) in [5.41, 5.74) is 4.69. The Hall–Kier alpha value is -2.49. The Morgan fingerprint density at radius 2 is 1.77 bits per heavy atom. The number of aryl methyl sites for hydroxylation is 1. The predicted octanol–water partition coefficient (Wildman–Crippen LogP) is 3.81. The van der Waals surface area contributed by atoms with Gasteiger partial charge in [0.2, 0.25) is 0 Å². The molecule has 3 aromatic rings. The monoisotopic (exact) mass is 293 g/mol. The van der Waals surface area contributed by atoms with Gasteiger partial charge >= 0.3 is 0 Å². The molecule has 4 heteroatoms. The molecule has 0 radical (unpaired) electrons. The van der Waals surface area contributed by atoms with E-state index in [9.17, 15) is 4.79 Å². The molecule has 0 unspecified atom stereocenters. The molecule has 0 saturated heterocycles. The molecule has 0 fully saturated rings. The molecule has 0 aliphatic carbocycles. The summed E-state index contributed by atoms with van der Waals surface area (Å²) in [4.78, 5) is 11.1. The summed E-state index contributed by atoms with van der Waals surface area (Å²) in [6, 6.07) is 10.2. The number of aldehydes is 1. The van der Waals surface area contributed by atoms with Gasteiger partial charge in [-0.25, -0.2) is 0 Å². The summed E-state index contributed by atoms with van der Waals surface area (Å²) in [6.07, 6.45) is 2.66. The fraction of sp³-hybridized carbons (Fsp3) is 0.278. The SMILES string of the molecule is Cc1cc2nnc(-c3ccc(C(C)(C)C)cc3)n2cc1C=O. The van der Waals surface area contributed by atoms with Crippen LogP contribution in [0.2, 0.25) is 0 Å². The molecule has 0 bridgehead atoms. The van der Waals surface area contributed by atoms with Gasteiger partial charge in [0.15, 0.2) is 17.8 Å². The molecule has 0 aliphatic rings. The van der Waals surface area contributed by atoms with Crippen LogP contribution in [0.4, 0.5) is 0 Å². The van der Waals surface area contributed by atoms with Crippen LogP contribution in [-0.4, -0.2) is 20.9 Å². The van der Waals surface area contributed by atoms with Crippen LogP contribution in [0.15, 0.2) is 36.5 Å². The van der Waals surface area contributed by atoms with E-state index in [1.54, 1.807) is 6.20 Å². The lowest BCUT2D eigenvalue weighted by Gasteiger charge is -2.18. The third-order valence-corrected chi connectivity index (χ3v) is 3.93. The van der Waals surface area contributed by atoms with Crippen molar-refractivity contribution in [2.45, 2.75) is 33.1 Å². The van der Waals surface area contributed by atoms with Crippen molar-refractivity contribution in [1.82, 2.24) is 14.6 Å². The number of benzene rings is 1. The first kappa shape index (κ1) is 14.4. The highest BCUT2D eigenvalue weighted by molar-refractivity contribution is 5.78. The standard InChI is InChI=1S/C18H19N3O/c1-12-9-16-19-20-17(21(16)10-14(12)11-22)13-5-7-15(8-6-13)18(2,3)4/h5-11H,1-4H3. The number of carbonyl (C=O) groups is 1. The van der Waals surface area contributed by atoms with E-state index >= 15 is 0 Å². The maximum Gasteiger partial charge on any atom is 0.168 e. The summed E-state index contributed by atoms with van der Waals surface area (Å²) < 4.78 is 1.86. The third-order valence-electron chi connectivity index (χ3n) is 3.93. The lowest BCUT2D eigenvalue weighted by molar-refractivity contribution is 0.112. The van der Waals surface area contributed by atoms with E-state index in [0.29, 0.717) is 5.56 Å². The number of hydrogen-bond acceptors (Lipinski definition) is 3. The number of fused-ring (bicyclic) bond motifs is 1. The Morgan fingerprint density at radius 1 is 1.09 bits per heavy atom. The minimum Gasteiger partial charge on any atom is -0.298 e. The van der Waals surface area contributed by atoms with E-state index in [1.165, 1.54) is 5.56 Å². The van der Waals surface area contributed by atoms with Crippen molar-refractivity contribution < 1.29 is 4.79 Å². The summed E-state index contributed by atoms with van der Waals surface area (Å²) in [6.45, 7) is 8.46. The molecule has 4 nitrogen and oxygen atoms in total. The van der Waals surface area contributed by atoms with Gasteiger partial charge in [-0.15, -0.1) is 10.2 Å². The number of hydrogen-bond donors (Lipinski definition) is 0. The number of carbonyl (C=O) groups excluding carboxylic acids is 1. The minimum absolute atomic E-state index is 0.118. The van der Waals surface area contributed by atoms with E-state index in [1.807, 2.05) is 17.4 Å². The van der Waals surface area contributed by atoms with Crippen LogP contribution < -0.4 is 0 Å².